The first-order valence-corrected chi connectivity index (χ1v) is 10.6. The molecule has 1 aliphatic heterocycles. The molecule has 1 fully saturated rings. The van der Waals surface area contributed by atoms with E-state index in [0.717, 1.165) is 5.56 Å². The SMILES string of the molecule is COc1ncccc1CNC(=O)C1CCCN(S(=O)(=O)c2cccs2)C1. The van der Waals surface area contributed by atoms with E-state index in [1.807, 2.05) is 6.07 Å². The van der Waals surface area contributed by atoms with Crippen molar-refractivity contribution >= 4 is 27.3 Å². The van der Waals surface area contributed by atoms with E-state index < -0.39 is 10.0 Å². The molecule has 1 unspecified atom stereocenters. The van der Waals surface area contributed by atoms with Crippen LogP contribution in [0.3, 0.4) is 0 Å². The quantitative estimate of drug-likeness (QED) is 0.807. The molecule has 1 atom stereocenters. The van der Waals surface area contributed by atoms with Crippen LogP contribution >= 0.6 is 11.3 Å². The molecule has 1 saturated heterocycles. The summed E-state index contributed by atoms with van der Waals surface area (Å²) in [6.07, 6.45) is 2.96. The number of sulfonamides is 1. The number of amides is 1. The van der Waals surface area contributed by atoms with Crippen LogP contribution in [-0.2, 0) is 21.4 Å². The molecule has 3 heterocycles. The molecular weight excluding hydrogens is 374 g/mol. The van der Waals surface area contributed by atoms with Crippen molar-refractivity contribution < 1.29 is 17.9 Å². The van der Waals surface area contributed by atoms with E-state index >= 15 is 0 Å². The number of rotatable bonds is 6. The molecule has 1 aliphatic rings. The van der Waals surface area contributed by atoms with Crippen LogP contribution < -0.4 is 10.1 Å². The summed E-state index contributed by atoms with van der Waals surface area (Å²) in [4.78, 5) is 16.6. The Hall–Kier alpha value is -1.97. The molecule has 9 heteroatoms. The lowest BCUT2D eigenvalue weighted by atomic mass is 9.99. The smallest absolute Gasteiger partial charge is 0.252 e. The predicted octanol–water partition coefficient (Wildman–Crippen LogP) is 1.87. The van der Waals surface area contributed by atoms with Crippen molar-refractivity contribution in [3.8, 4) is 5.88 Å². The Morgan fingerprint density at radius 1 is 1.42 bits per heavy atom. The highest BCUT2D eigenvalue weighted by molar-refractivity contribution is 7.91. The Labute approximate surface area is 157 Å². The van der Waals surface area contributed by atoms with Crippen molar-refractivity contribution in [1.29, 1.82) is 0 Å². The molecule has 2 aromatic rings. The van der Waals surface area contributed by atoms with Crippen LogP contribution in [0.15, 0.2) is 40.1 Å². The number of ether oxygens (including phenoxy) is 1. The normalized spacial score (nSPS) is 18.4. The monoisotopic (exact) mass is 395 g/mol. The van der Waals surface area contributed by atoms with Gasteiger partial charge in [-0.3, -0.25) is 4.79 Å². The van der Waals surface area contributed by atoms with Crippen LogP contribution in [0, 0.1) is 5.92 Å². The van der Waals surface area contributed by atoms with Crippen molar-refractivity contribution in [3.63, 3.8) is 0 Å². The third-order valence-electron chi connectivity index (χ3n) is 4.34. The molecule has 1 N–H and O–H groups in total. The molecule has 0 saturated carbocycles. The van der Waals surface area contributed by atoms with Gasteiger partial charge in [0.15, 0.2) is 0 Å². The molecule has 0 aromatic carbocycles. The van der Waals surface area contributed by atoms with Gasteiger partial charge in [-0.15, -0.1) is 11.3 Å². The molecule has 1 amide bonds. The number of nitrogens with zero attached hydrogens (tertiary/aromatic N) is 2. The minimum absolute atomic E-state index is 0.151. The second-order valence-corrected chi connectivity index (χ2v) is 9.14. The number of nitrogens with one attached hydrogen (secondary N) is 1. The van der Waals surface area contributed by atoms with E-state index in [1.54, 1.807) is 29.8 Å². The maximum atomic E-state index is 12.7. The Balaban J connectivity index is 1.63. The molecule has 0 radical (unpaired) electrons. The van der Waals surface area contributed by atoms with E-state index in [2.05, 4.69) is 10.3 Å². The molecule has 7 nitrogen and oxygen atoms in total. The third kappa shape index (κ3) is 4.05. The number of aromatic nitrogens is 1. The maximum absolute atomic E-state index is 12.7. The van der Waals surface area contributed by atoms with E-state index in [0.29, 0.717) is 36.0 Å². The lowest BCUT2D eigenvalue weighted by Crippen LogP contribution is -2.45. The van der Waals surface area contributed by atoms with Crippen LogP contribution in [0.1, 0.15) is 18.4 Å². The average molecular weight is 396 g/mol. The Kier molecular flexibility index (Phi) is 5.90. The van der Waals surface area contributed by atoms with E-state index in [-0.39, 0.29) is 18.4 Å². The van der Waals surface area contributed by atoms with Gasteiger partial charge in [0.2, 0.25) is 11.8 Å². The Bertz CT molecular complexity index is 853. The minimum Gasteiger partial charge on any atom is -0.481 e. The second kappa shape index (κ2) is 8.15. The molecule has 2 aromatic heterocycles. The van der Waals surface area contributed by atoms with Crippen molar-refractivity contribution in [1.82, 2.24) is 14.6 Å². The summed E-state index contributed by atoms with van der Waals surface area (Å²) in [5.74, 6) is -0.0403. The molecule has 0 aliphatic carbocycles. The van der Waals surface area contributed by atoms with Crippen LogP contribution in [0.5, 0.6) is 5.88 Å². The Morgan fingerprint density at radius 2 is 2.27 bits per heavy atom. The minimum atomic E-state index is -3.52. The number of carbonyl (C=O) groups is 1. The van der Waals surface area contributed by atoms with Crippen LogP contribution in [-0.4, -0.2) is 43.8 Å². The molecule has 140 valence electrons. The van der Waals surface area contributed by atoms with Gasteiger partial charge in [-0.2, -0.15) is 4.31 Å². The fraction of sp³-hybridized carbons (Fsp3) is 0.412. The zero-order valence-electron chi connectivity index (χ0n) is 14.4. The van der Waals surface area contributed by atoms with Gasteiger partial charge in [-0.25, -0.2) is 13.4 Å². The Morgan fingerprint density at radius 3 is 3.00 bits per heavy atom. The highest BCUT2D eigenvalue weighted by Gasteiger charge is 2.33. The number of piperidine rings is 1. The summed E-state index contributed by atoms with van der Waals surface area (Å²) in [6, 6.07) is 6.92. The fourth-order valence-electron chi connectivity index (χ4n) is 2.98. The average Bonchev–Trinajstić information content (AvgIpc) is 3.22. The number of hydrogen-bond acceptors (Lipinski definition) is 6. The van der Waals surface area contributed by atoms with E-state index in [1.165, 1.54) is 22.8 Å². The highest BCUT2D eigenvalue weighted by atomic mass is 32.2. The first kappa shape index (κ1) is 18.8. The summed E-state index contributed by atoms with van der Waals surface area (Å²) in [7, 11) is -1.99. The van der Waals surface area contributed by atoms with E-state index in [4.69, 9.17) is 4.74 Å². The zero-order valence-corrected chi connectivity index (χ0v) is 16.1. The third-order valence-corrected chi connectivity index (χ3v) is 7.58. The number of hydrogen-bond donors (Lipinski definition) is 1. The van der Waals surface area contributed by atoms with Gasteiger partial charge in [-0.05, 0) is 30.4 Å². The first-order valence-electron chi connectivity index (χ1n) is 8.31. The number of methoxy groups -OCH3 is 1. The van der Waals surface area contributed by atoms with Crippen molar-refractivity contribution in [2.24, 2.45) is 5.92 Å². The largest absolute Gasteiger partial charge is 0.481 e. The molecule has 26 heavy (non-hydrogen) atoms. The van der Waals surface area contributed by atoms with Crippen LogP contribution in [0.4, 0.5) is 0 Å². The summed E-state index contributed by atoms with van der Waals surface area (Å²) in [6.45, 7) is 0.945. The van der Waals surface area contributed by atoms with Gasteiger partial charge in [-0.1, -0.05) is 12.1 Å². The summed E-state index contributed by atoms with van der Waals surface area (Å²) in [5.41, 5.74) is 0.780. The summed E-state index contributed by atoms with van der Waals surface area (Å²) >= 11 is 1.19. The van der Waals surface area contributed by atoms with Crippen LogP contribution in [0.2, 0.25) is 0 Å². The number of thiophene rings is 1. The molecule has 3 rings (SSSR count). The van der Waals surface area contributed by atoms with Crippen molar-refractivity contribution in [2.75, 3.05) is 20.2 Å². The van der Waals surface area contributed by atoms with Gasteiger partial charge < -0.3 is 10.1 Å². The zero-order chi connectivity index (χ0) is 18.6. The lowest BCUT2D eigenvalue weighted by Gasteiger charge is -2.30. The number of carbonyl (C=O) groups excluding carboxylic acids is 1. The topological polar surface area (TPSA) is 88.6 Å². The van der Waals surface area contributed by atoms with Gasteiger partial charge in [0.05, 0.1) is 13.0 Å². The van der Waals surface area contributed by atoms with E-state index in [9.17, 15) is 13.2 Å². The van der Waals surface area contributed by atoms with Crippen molar-refractivity contribution in [2.45, 2.75) is 23.6 Å². The second-order valence-electron chi connectivity index (χ2n) is 6.02. The molecule has 0 spiro atoms. The first-order chi connectivity index (χ1) is 12.5. The maximum Gasteiger partial charge on any atom is 0.252 e. The van der Waals surface area contributed by atoms with Gasteiger partial charge in [0.1, 0.15) is 4.21 Å². The molecular formula is C17H21N3O4S2. The predicted molar refractivity (Wildman–Crippen MR) is 98.4 cm³/mol. The van der Waals surface area contributed by atoms with Gasteiger partial charge in [0, 0.05) is 31.4 Å². The fourth-order valence-corrected chi connectivity index (χ4v) is 5.65. The van der Waals surface area contributed by atoms with Crippen LogP contribution in [0.25, 0.3) is 0 Å². The highest BCUT2D eigenvalue weighted by Crippen LogP contribution is 2.26. The summed E-state index contributed by atoms with van der Waals surface area (Å²) in [5, 5.41) is 4.61. The van der Waals surface area contributed by atoms with Gasteiger partial charge in [0.25, 0.3) is 10.0 Å². The molecule has 0 bridgehead atoms. The lowest BCUT2D eigenvalue weighted by molar-refractivity contribution is -0.126. The number of pyridine rings is 1. The standard InChI is InChI=1S/C17H21N3O4S2/c1-24-17-13(5-2-8-18-17)11-19-16(21)14-6-3-9-20(12-14)26(22,23)15-7-4-10-25-15/h2,4-5,7-8,10,14H,3,6,9,11-12H2,1H3,(H,19,21). The summed E-state index contributed by atoms with van der Waals surface area (Å²) < 4.78 is 32.2. The van der Waals surface area contributed by atoms with Gasteiger partial charge >= 0.3 is 0 Å². The van der Waals surface area contributed by atoms with Crippen molar-refractivity contribution in [3.05, 3.63) is 41.4 Å².